The van der Waals surface area contributed by atoms with Crippen molar-refractivity contribution in [1.29, 1.82) is 0 Å². The molecule has 1 aromatic heterocycles. The quantitative estimate of drug-likeness (QED) is 0.285. The number of imidazole rings is 1. The monoisotopic (exact) mass is 554 g/mol. The number of β-amino-alcohol motifs (C(OH)–C–C–N with tert-alkyl or cyclic N) is 1. The lowest BCUT2D eigenvalue weighted by Crippen LogP contribution is -2.42. The van der Waals surface area contributed by atoms with Gasteiger partial charge in [0.15, 0.2) is 0 Å². The molecule has 0 saturated carbocycles. The van der Waals surface area contributed by atoms with Crippen LogP contribution in [0.3, 0.4) is 0 Å². The van der Waals surface area contributed by atoms with E-state index in [0.717, 1.165) is 37.0 Å². The van der Waals surface area contributed by atoms with E-state index in [1.54, 1.807) is 53.1 Å². The van der Waals surface area contributed by atoms with Crippen molar-refractivity contribution in [2.24, 2.45) is 0 Å². The molecule has 1 saturated heterocycles. The maximum absolute atomic E-state index is 12.6. The van der Waals surface area contributed by atoms with Crippen LogP contribution in [0.4, 0.5) is 5.69 Å². The van der Waals surface area contributed by atoms with Gasteiger partial charge >= 0.3 is 5.69 Å². The Morgan fingerprint density at radius 3 is 2.53 bits per heavy atom. The molecule has 10 heteroatoms. The number of aromatic nitrogens is 2. The first-order valence-corrected chi connectivity index (χ1v) is 13.2. The van der Waals surface area contributed by atoms with E-state index in [-0.39, 0.29) is 24.2 Å². The van der Waals surface area contributed by atoms with Gasteiger partial charge in [0.05, 0.1) is 16.7 Å². The Bertz CT molecular complexity index is 1480. The summed E-state index contributed by atoms with van der Waals surface area (Å²) in [5, 5.41) is 14.7. The van der Waals surface area contributed by atoms with Crippen LogP contribution in [0.1, 0.15) is 29.2 Å². The van der Waals surface area contributed by atoms with Gasteiger partial charge in [0.2, 0.25) is 0 Å². The molecular formula is C28H28Cl2N4O4. The number of anilines is 1. The van der Waals surface area contributed by atoms with Crippen molar-refractivity contribution < 1.29 is 14.6 Å². The number of carbonyl (C=O) groups excluding carboxylic acids is 1. The lowest BCUT2D eigenvalue weighted by molar-refractivity contribution is 0.0561. The Kier molecular flexibility index (Phi) is 8.04. The van der Waals surface area contributed by atoms with Crippen molar-refractivity contribution in [3.8, 4) is 5.75 Å². The van der Waals surface area contributed by atoms with E-state index in [9.17, 15) is 14.7 Å². The fraction of sp³-hybridized carbons (Fsp3) is 0.286. The molecule has 2 heterocycles. The van der Waals surface area contributed by atoms with E-state index >= 15 is 0 Å². The molecule has 4 aromatic rings. The topological polar surface area (TPSA) is 99.6 Å². The summed E-state index contributed by atoms with van der Waals surface area (Å²) in [6.45, 7) is 2.01. The van der Waals surface area contributed by atoms with E-state index in [1.807, 2.05) is 18.2 Å². The number of aromatic amines is 1. The zero-order valence-corrected chi connectivity index (χ0v) is 22.1. The first-order chi connectivity index (χ1) is 18.4. The van der Waals surface area contributed by atoms with Crippen LogP contribution in [0.25, 0.3) is 11.0 Å². The third-order valence-electron chi connectivity index (χ3n) is 6.74. The number of nitrogens with one attached hydrogen (secondary N) is 2. The summed E-state index contributed by atoms with van der Waals surface area (Å²) in [7, 11) is 0. The van der Waals surface area contributed by atoms with Gasteiger partial charge in [-0.25, -0.2) is 4.79 Å². The number of aliphatic hydroxyl groups is 1. The number of piperidine rings is 1. The first kappa shape index (κ1) is 26.3. The summed E-state index contributed by atoms with van der Waals surface area (Å²) in [5.74, 6) is 0.197. The number of benzene rings is 3. The summed E-state index contributed by atoms with van der Waals surface area (Å²) in [4.78, 5) is 30.3. The Hall–Kier alpha value is -3.30. The SMILES string of the molecule is O=C(Nc1ccccc1OCC(O)CN1CCC(n2c(=O)[nH]c3ccc(Cl)cc32)CC1)c1ccc(Cl)cc1. The largest absolute Gasteiger partial charge is 0.489 e. The van der Waals surface area contributed by atoms with Crippen molar-refractivity contribution in [1.82, 2.24) is 14.5 Å². The summed E-state index contributed by atoms with van der Waals surface area (Å²) in [6.07, 6.45) is 0.847. The van der Waals surface area contributed by atoms with Gasteiger partial charge in [-0.15, -0.1) is 0 Å². The lowest BCUT2D eigenvalue weighted by Gasteiger charge is -2.33. The van der Waals surface area contributed by atoms with E-state index in [4.69, 9.17) is 27.9 Å². The van der Waals surface area contributed by atoms with Crippen LogP contribution >= 0.6 is 23.2 Å². The Morgan fingerprint density at radius 1 is 1.05 bits per heavy atom. The number of aliphatic hydroxyl groups excluding tert-OH is 1. The average molecular weight is 555 g/mol. The minimum absolute atomic E-state index is 0.0653. The van der Waals surface area contributed by atoms with Gasteiger partial charge in [0.25, 0.3) is 5.91 Å². The van der Waals surface area contributed by atoms with Crippen LogP contribution in [0, 0.1) is 0 Å². The molecule has 38 heavy (non-hydrogen) atoms. The van der Waals surface area contributed by atoms with E-state index in [0.29, 0.717) is 33.6 Å². The molecule has 1 fully saturated rings. The van der Waals surface area contributed by atoms with Gasteiger partial charge in [0, 0.05) is 41.3 Å². The number of fused-ring (bicyclic) bond motifs is 1. The number of carbonyl (C=O) groups is 1. The van der Waals surface area contributed by atoms with E-state index < -0.39 is 6.10 Å². The standard InChI is InChI=1S/C28H28Cl2N4O4/c29-19-7-5-18(6-8-19)27(36)31-24-3-1-2-4-26(24)38-17-22(35)16-33-13-11-21(12-14-33)34-25-15-20(30)9-10-23(25)32-28(34)37/h1-10,15,21-22,35H,11-14,16-17H2,(H,31,36)(H,32,37). The van der Waals surface area contributed by atoms with Crippen molar-refractivity contribution in [2.75, 3.05) is 31.6 Å². The van der Waals surface area contributed by atoms with E-state index in [1.165, 1.54) is 0 Å². The zero-order valence-electron chi connectivity index (χ0n) is 20.6. The van der Waals surface area contributed by atoms with Crippen LogP contribution in [-0.4, -0.2) is 57.8 Å². The van der Waals surface area contributed by atoms with Gasteiger partial charge in [0.1, 0.15) is 18.5 Å². The van der Waals surface area contributed by atoms with E-state index in [2.05, 4.69) is 15.2 Å². The predicted octanol–water partition coefficient (Wildman–Crippen LogP) is 4.97. The normalized spacial score (nSPS) is 15.4. The van der Waals surface area contributed by atoms with Crippen molar-refractivity contribution >= 4 is 45.8 Å². The first-order valence-electron chi connectivity index (χ1n) is 12.5. The summed E-state index contributed by atoms with van der Waals surface area (Å²) < 4.78 is 7.68. The maximum Gasteiger partial charge on any atom is 0.326 e. The molecule has 1 amide bonds. The highest BCUT2D eigenvalue weighted by molar-refractivity contribution is 6.31. The highest BCUT2D eigenvalue weighted by Gasteiger charge is 2.25. The molecule has 1 aliphatic heterocycles. The molecular weight excluding hydrogens is 527 g/mol. The number of ether oxygens (including phenoxy) is 1. The second-order valence-electron chi connectivity index (χ2n) is 9.42. The minimum atomic E-state index is -0.721. The number of para-hydroxylation sites is 2. The highest BCUT2D eigenvalue weighted by Crippen LogP contribution is 2.27. The molecule has 1 atom stereocenters. The Morgan fingerprint density at radius 2 is 1.76 bits per heavy atom. The van der Waals surface area contributed by atoms with Crippen LogP contribution in [0.2, 0.25) is 10.0 Å². The molecule has 0 bridgehead atoms. The molecule has 3 N–H and O–H groups in total. The van der Waals surface area contributed by atoms with Gasteiger partial charge in [-0.3, -0.25) is 9.36 Å². The number of H-pyrrole nitrogens is 1. The summed E-state index contributed by atoms with van der Waals surface area (Å²) >= 11 is 12.1. The fourth-order valence-electron chi connectivity index (χ4n) is 4.85. The molecule has 8 nitrogen and oxygen atoms in total. The number of likely N-dealkylation sites (tertiary alicyclic amines) is 1. The summed E-state index contributed by atoms with van der Waals surface area (Å²) in [6, 6.07) is 19.2. The zero-order chi connectivity index (χ0) is 26.6. The van der Waals surface area contributed by atoms with Gasteiger partial charge < -0.3 is 25.0 Å². The fourth-order valence-corrected chi connectivity index (χ4v) is 5.14. The molecule has 1 unspecified atom stereocenters. The second-order valence-corrected chi connectivity index (χ2v) is 10.3. The molecule has 0 spiro atoms. The molecule has 198 valence electrons. The van der Waals surface area contributed by atoms with Crippen LogP contribution in [0.15, 0.2) is 71.5 Å². The number of rotatable bonds is 8. The van der Waals surface area contributed by atoms with Crippen molar-refractivity contribution in [2.45, 2.75) is 25.0 Å². The van der Waals surface area contributed by atoms with Crippen molar-refractivity contribution in [3.05, 3.63) is 92.8 Å². The number of halogens is 2. The maximum atomic E-state index is 12.6. The Balaban J connectivity index is 1.14. The molecule has 0 aliphatic carbocycles. The third kappa shape index (κ3) is 6.05. The minimum Gasteiger partial charge on any atom is -0.489 e. The summed E-state index contributed by atoms with van der Waals surface area (Å²) in [5.41, 5.74) is 2.46. The number of nitrogens with zero attached hydrogens (tertiary/aromatic N) is 2. The van der Waals surface area contributed by atoms with Crippen LogP contribution in [0.5, 0.6) is 5.75 Å². The third-order valence-corrected chi connectivity index (χ3v) is 7.23. The highest BCUT2D eigenvalue weighted by atomic mass is 35.5. The number of hydrogen-bond acceptors (Lipinski definition) is 5. The lowest BCUT2D eigenvalue weighted by atomic mass is 10.0. The molecule has 5 rings (SSSR count). The average Bonchev–Trinajstić information content (AvgIpc) is 3.23. The second kappa shape index (κ2) is 11.6. The van der Waals surface area contributed by atoms with Gasteiger partial charge in [-0.05, 0) is 67.4 Å². The Labute approximate surface area is 229 Å². The smallest absolute Gasteiger partial charge is 0.326 e. The van der Waals surface area contributed by atoms with Gasteiger partial charge in [-0.1, -0.05) is 35.3 Å². The number of hydrogen-bond donors (Lipinski definition) is 3. The molecule has 1 aliphatic rings. The van der Waals surface area contributed by atoms with Crippen LogP contribution < -0.4 is 15.7 Å². The molecule has 0 radical (unpaired) electrons. The van der Waals surface area contributed by atoms with Crippen LogP contribution in [-0.2, 0) is 0 Å². The number of amides is 1. The van der Waals surface area contributed by atoms with Gasteiger partial charge in [-0.2, -0.15) is 0 Å². The van der Waals surface area contributed by atoms with Crippen molar-refractivity contribution in [3.63, 3.8) is 0 Å². The predicted molar refractivity (Wildman–Crippen MR) is 150 cm³/mol. The molecule has 3 aromatic carbocycles.